The van der Waals surface area contributed by atoms with Crippen molar-refractivity contribution in [2.45, 2.75) is 19.4 Å². The lowest BCUT2D eigenvalue weighted by molar-refractivity contribution is -0.124. The van der Waals surface area contributed by atoms with Crippen LogP contribution in [-0.4, -0.2) is 42.5 Å². The second kappa shape index (κ2) is 10.2. The Morgan fingerprint density at radius 3 is 2.83 bits per heavy atom. The van der Waals surface area contributed by atoms with Gasteiger partial charge in [0, 0.05) is 40.7 Å². The standard InChI is InChI=1S/C15H20BrN3O2S.ClH/c1-10-6-11(2-3-13(10)16)19-15(21)8-18-14(20)7-12-9-22-5-4-17-12;/h2-3,6,12,17H,4-5,7-9H2,1H3,(H,18,20)(H,19,21);1H. The molecule has 1 heterocycles. The Kier molecular flexibility index (Phi) is 8.98. The van der Waals surface area contributed by atoms with Gasteiger partial charge >= 0.3 is 0 Å². The number of amides is 2. The molecular formula is C15H21BrClN3O2S. The molecule has 23 heavy (non-hydrogen) atoms. The molecule has 0 spiro atoms. The van der Waals surface area contributed by atoms with Gasteiger partial charge in [0.05, 0.1) is 6.54 Å². The van der Waals surface area contributed by atoms with Crippen LogP contribution in [-0.2, 0) is 9.59 Å². The van der Waals surface area contributed by atoms with E-state index < -0.39 is 0 Å². The minimum atomic E-state index is -0.221. The van der Waals surface area contributed by atoms with Crippen LogP contribution in [0.5, 0.6) is 0 Å². The average Bonchev–Trinajstić information content (AvgIpc) is 2.50. The van der Waals surface area contributed by atoms with Gasteiger partial charge in [0.2, 0.25) is 11.8 Å². The first-order chi connectivity index (χ1) is 10.5. The summed E-state index contributed by atoms with van der Waals surface area (Å²) in [5.41, 5.74) is 1.77. The van der Waals surface area contributed by atoms with E-state index in [0.717, 1.165) is 33.8 Å². The Labute approximate surface area is 155 Å². The highest BCUT2D eigenvalue weighted by atomic mass is 79.9. The summed E-state index contributed by atoms with van der Waals surface area (Å²) in [5, 5.41) is 8.74. The maximum atomic E-state index is 11.8. The molecular weight excluding hydrogens is 402 g/mol. The van der Waals surface area contributed by atoms with Crippen LogP contribution in [0.25, 0.3) is 0 Å². The molecule has 3 N–H and O–H groups in total. The molecule has 2 amide bonds. The van der Waals surface area contributed by atoms with Crippen LogP contribution in [0.1, 0.15) is 12.0 Å². The number of carbonyl (C=O) groups excluding carboxylic acids is 2. The van der Waals surface area contributed by atoms with Crippen molar-refractivity contribution < 1.29 is 9.59 Å². The molecule has 1 aromatic carbocycles. The van der Waals surface area contributed by atoms with Crippen molar-refractivity contribution in [3.63, 3.8) is 0 Å². The summed E-state index contributed by atoms with van der Waals surface area (Å²) < 4.78 is 0.997. The van der Waals surface area contributed by atoms with Crippen LogP contribution < -0.4 is 16.0 Å². The van der Waals surface area contributed by atoms with E-state index in [0.29, 0.717) is 6.42 Å². The third-order valence-electron chi connectivity index (χ3n) is 3.32. The Hall–Kier alpha value is -0.760. The first kappa shape index (κ1) is 20.3. The van der Waals surface area contributed by atoms with Crippen molar-refractivity contribution in [3.8, 4) is 0 Å². The normalized spacial score (nSPS) is 17.0. The molecule has 0 saturated carbocycles. The molecule has 1 aromatic rings. The number of rotatable bonds is 5. The summed E-state index contributed by atoms with van der Waals surface area (Å²) in [6.07, 6.45) is 0.414. The number of benzene rings is 1. The summed E-state index contributed by atoms with van der Waals surface area (Å²) in [7, 11) is 0. The fraction of sp³-hybridized carbons (Fsp3) is 0.467. The van der Waals surface area contributed by atoms with Gasteiger partial charge in [-0.3, -0.25) is 9.59 Å². The zero-order chi connectivity index (χ0) is 15.9. The molecule has 8 heteroatoms. The lowest BCUT2D eigenvalue weighted by Crippen LogP contribution is -2.42. The van der Waals surface area contributed by atoms with E-state index in [2.05, 4.69) is 31.9 Å². The number of halogens is 2. The minimum Gasteiger partial charge on any atom is -0.347 e. The number of anilines is 1. The summed E-state index contributed by atoms with van der Waals surface area (Å²) in [6.45, 7) is 2.89. The molecule has 1 fully saturated rings. The van der Waals surface area contributed by atoms with Gasteiger partial charge in [-0.1, -0.05) is 15.9 Å². The second-order valence-electron chi connectivity index (χ2n) is 5.22. The van der Waals surface area contributed by atoms with Gasteiger partial charge in [-0.15, -0.1) is 12.4 Å². The van der Waals surface area contributed by atoms with Crippen LogP contribution in [0.2, 0.25) is 0 Å². The molecule has 0 aliphatic carbocycles. The van der Waals surface area contributed by atoms with Gasteiger partial charge < -0.3 is 16.0 Å². The Balaban J connectivity index is 0.00000264. The van der Waals surface area contributed by atoms with Crippen LogP contribution in [0, 0.1) is 6.92 Å². The lowest BCUT2D eigenvalue weighted by Gasteiger charge is -2.22. The van der Waals surface area contributed by atoms with E-state index in [9.17, 15) is 9.59 Å². The van der Waals surface area contributed by atoms with Gasteiger partial charge in [-0.2, -0.15) is 11.8 Å². The Morgan fingerprint density at radius 2 is 2.17 bits per heavy atom. The molecule has 0 aromatic heterocycles. The summed E-state index contributed by atoms with van der Waals surface area (Å²) in [6, 6.07) is 5.79. The van der Waals surface area contributed by atoms with Gasteiger partial charge in [0.25, 0.3) is 0 Å². The van der Waals surface area contributed by atoms with E-state index >= 15 is 0 Å². The second-order valence-corrected chi connectivity index (χ2v) is 7.22. The van der Waals surface area contributed by atoms with Crippen molar-refractivity contribution in [1.82, 2.24) is 10.6 Å². The summed E-state index contributed by atoms with van der Waals surface area (Å²) >= 11 is 5.26. The SMILES string of the molecule is Cc1cc(NC(=O)CNC(=O)CC2CSCCN2)ccc1Br.Cl. The fourth-order valence-electron chi connectivity index (χ4n) is 2.15. The van der Waals surface area contributed by atoms with Crippen molar-refractivity contribution in [2.24, 2.45) is 0 Å². The highest BCUT2D eigenvalue weighted by Crippen LogP contribution is 2.19. The lowest BCUT2D eigenvalue weighted by atomic mass is 10.2. The zero-order valence-corrected chi connectivity index (χ0v) is 16.1. The van der Waals surface area contributed by atoms with Crippen LogP contribution >= 0.6 is 40.1 Å². The molecule has 1 aliphatic rings. The molecule has 128 valence electrons. The van der Waals surface area contributed by atoms with E-state index in [1.165, 1.54) is 0 Å². The maximum absolute atomic E-state index is 11.8. The maximum Gasteiger partial charge on any atom is 0.243 e. The summed E-state index contributed by atoms with van der Waals surface area (Å²) in [5.74, 6) is 1.72. The molecule has 1 saturated heterocycles. The predicted octanol–water partition coefficient (Wildman–Crippen LogP) is 2.33. The largest absolute Gasteiger partial charge is 0.347 e. The monoisotopic (exact) mass is 421 g/mol. The van der Waals surface area contributed by atoms with Gasteiger partial charge in [0.1, 0.15) is 0 Å². The van der Waals surface area contributed by atoms with E-state index in [-0.39, 0.29) is 36.8 Å². The van der Waals surface area contributed by atoms with Crippen molar-refractivity contribution in [1.29, 1.82) is 0 Å². The van der Waals surface area contributed by atoms with Gasteiger partial charge in [-0.05, 0) is 30.7 Å². The Bertz CT molecular complexity index is 554. The van der Waals surface area contributed by atoms with Crippen molar-refractivity contribution in [3.05, 3.63) is 28.2 Å². The predicted molar refractivity (Wildman–Crippen MR) is 101 cm³/mol. The fourth-order valence-corrected chi connectivity index (χ4v) is 3.35. The highest BCUT2D eigenvalue weighted by Gasteiger charge is 2.17. The molecule has 2 rings (SSSR count). The topological polar surface area (TPSA) is 70.2 Å². The highest BCUT2D eigenvalue weighted by molar-refractivity contribution is 9.10. The summed E-state index contributed by atoms with van der Waals surface area (Å²) in [4.78, 5) is 23.7. The quantitative estimate of drug-likeness (QED) is 0.681. The number of carbonyl (C=O) groups is 2. The zero-order valence-electron chi connectivity index (χ0n) is 12.9. The van der Waals surface area contributed by atoms with E-state index in [1.54, 1.807) is 0 Å². The van der Waals surface area contributed by atoms with E-state index in [4.69, 9.17) is 0 Å². The van der Waals surface area contributed by atoms with E-state index in [1.807, 2.05) is 36.9 Å². The van der Waals surface area contributed by atoms with Crippen LogP contribution in [0.3, 0.4) is 0 Å². The molecule has 1 atom stereocenters. The molecule has 5 nitrogen and oxygen atoms in total. The average molecular weight is 423 g/mol. The Morgan fingerprint density at radius 1 is 1.39 bits per heavy atom. The number of hydrogen-bond acceptors (Lipinski definition) is 4. The smallest absolute Gasteiger partial charge is 0.243 e. The molecule has 0 radical (unpaired) electrons. The van der Waals surface area contributed by atoms with Crippen molar-refractivity contribution >= 4 is 57.6 Å². The van der Waals surface area contributed by atoms with Gasteiger partial charge in [-0.25, -0.2) is 0 Å². The van der Waals surface area contributed by atoms with Gasteiger partial charge in [0.15, 0.2) is 0 Å². The van der Waals surface area contributed by atoms with Crippen LogP contribution in [0.4, 0.5) is 5.69 Å². The third kappa shape index (κ3) is 7.12. The third-order valence-corrected chi connectivity index (χ3v) is 5.34. The first-order valence-corrected chi connectivity index (χ1v) is 9.13. The molecule has 1 aliphatic heterocycles. The van der Waals surface area contributed by atoms with Crippen molar-refractivity contribution in [2.75, 3.05) is 29.9 Å². The number of hydrogen-bond donors (Lipinski definition) is 3. The molecule has 0 bridgehead atoms. The number of thioether (sulfide) groups is 1. The molecule has 1 unspecified atom stereocenters. The minimum absolute atomic E-state index is 0. The van der Waals surface area contributed by atoms with Crippen LogP contribution in [0.15, 0.2) is 22.7 Å². The first-order valence-electron chi connectivity index (χ1n) is 7.18. The number of aryl methyl sites for hydroxylation is 1. The number of nitrogens with one attached hydrogen (secondary N) is 3.